The Morgan fingerprint density at radius 2 is 1.84 bits per heavy atom. The highest BCUT2D eigenvalue weighted by Gasteiger charge is 2.34. The highest BCUT2D eigenvalue weighted by molar-refractivity contribution is 6.30. The molecule has 2 amide bonds. The Balaban J connectivity index is 1.37. The number of halogens is 1. The summed E-state index contributed by atoms with van der Waals surface area (Å²) in [5.41, 5.74) is 1.90. The number of carbonyl (C=O) groups excluding carboxylic acids is 1. The molecule has 6 nitrogen and oxygen atoms in total. The van der Waals surface area contributed by atoms with Gasteiger partial charge in [0.1, 0.15) is 5.82 Å². The molecule has 1 unspecified atom stereocenters. The fourth-order valence-electron chi connectivity index (χ4n) is 4.35. The predicted molar refractivity (Wildman–Crippen MR) is 127 cm³/mol. The highest BCUT2D eigenvalue weighted by atomic mass is 35.5. The summed E-state index contributed by atoms with van der Waals surface area (Å²) in [7, 11) is 0. The molecule has 0 bridgehead atoms. The van der Waals surface area contributed by atoms with E-state index >= 15 is 0 Å². The van der Waals surface area contributed by atoms with Crippen LogP contribution in [0.2, 0.25) is 5.02 Å². The predicted octanol–water partition coefficient (Wildman–Crippen LogP) is 5.81. The van der Waals surface area contributed by atoms with Gasteiger partial charge in [-0.15, -0.1) is 10.2 Å². The fraction of sp³-hybridized carbons (Fsp3) is 0.240. The van der Waals surface area contributed by atoms with E-state index in [0.717, 1.165) is 46.5 Å². The number of nitrogens with zero attached hydrogens (tertiary/aromatic N) is 4. The summed E-state index contributed by atoms with van der Waals surface area (Å²) in [6.07, 6.45) is 1.80. The monoisotopic (exact) mass is 445 g/mol. The van der Waals surface area contributed by atoms with Crippen LogP contribution in [0.1, 0.15) is 36.1 Å². The maximum atomic E-state index is 13.2. The number of rotatable bonds is 4. The molecule has 1 saturated heterocycles. The maximum Gasteiger partial charge on any atom is 0.322 e. The molecular weight excluding hydrogens is 422 g/mol. The molecule has 1 aromatic heterocycles. The van der Waals surface area contributed by atoms with Crippen molar-refractivity contribution >= 4 is 34.1 Å². The van der Waals surface area contributed by atoms with E-state index in [2.05, 4.69) is 26.1 Å². The Labute approximate surface area is 191 Å². The van der Waals surface area contributed by atoms with Gasteiger partial charge >= 0.3 is 6.03 Å². The topological polar surface area (TPSA) is 63.1 Å². The second-order valence-electron chi connectivity index (χ2n) is 8.16. The van der Waals surface area contributed by atoms with Crippen molar-refractivity contribution in [3.8, 4) is 0 Å². The van der Waals surface area contributed by atoms with E-state index in [1.807, 2.05) is 72.5 Å². The molecule has 0 saturated carbocycles. The first-order valence-corrected chi connectivity index (χ1v) is 11.2. The molecule has 0 spiro atoms. The molecule has 162 valence electrons. The van der Waals surface area contributed by atoms with Gasteiger partial charge in [-0.2, -0.15) is 0 Å². The Hall–Kier alpha value is -3.38. The van der Waals surface area contributed by atoms with Crippen molar-refractivity contribution in [3.63, 3.8) is 0 Å². The quantitative estimate of drug-likeness (QED) is 0.431. The van der Waals surface area contributed by atoms with Gasteiger partial charge in [0, 0.05) is 17.3 Å². The van der Waals surface area contributed by atoms with Gasteiger partial charge in [0.25, 0.3) is 0 Å². The average molecular weight is 446 g/mol. The summed E-state index contributed by atoms with van der Waals surface area (Å²) in [5, 5.41) is 14.8. The average Bonchev–Trinajstić information content (AvgIpc) is 3.42. The molecule has 0 aliphatic carbocycles. The number of anilines is 1. The summed E-state index contributed by atoms with van der Waals surface area (Å²) in [4.78, 5) is 15.1. The van der Waals surface area contributed by atoms with E-state index in [4.69, 9.17) is 11.6 Å². The van der Waals surface area contributed by atoms with E-state index in [1.165, 1.54) is 0 Å². The molecule has 7 heteroatoms. The third kappa shape index (κ3) is 4.06. The van der Waals surface area contributed by atoms with Crippen molar-refractivity contribution in [2.24, 2.45) is 0 Å². The van der Waals surface area contributed by atoms with Gasteiger partial charge in [-0.1, -0.05) is 54.1 Å². The summed E-state index contributed by atoms with van der Waals surface area (Å²) >= 11 is 6.03. The second-order valence-corrected chi connectivity index (χ2v) is 8.60. The Bertz CT molecular complexity index is 1270. The zero-order valence-electron chi connectivity index (χ0n) is 17.8. The standard InChI is InChI=1S/C25H24ClN5O/c1-17-28-29-24(31(17)16-18-8-11-21(26)12-9-18)23-7-4-14-30(23)25(32)27-22-13-10-19-5-2-3-6-20(19)15-22/h2-3,5-6,8-13,15,23H,4,7,14,16H2,1H3,(H,27,32). The molecule has 32 heavy (non-hydrogen) atoms. The third-order valence-corrected chi connectivity index (χ3v) is 6.28. The summed E-state index contributed by atoms with van der Waals surface area (Å²) in [5.74, 6) is 1.65. The number of urea groups is 1. The van der Waals surface area contributed by atoms with Crippen molar-refractivity contribution in [2.45, 2.75) is 32.4 Å². The number of nitrogens with one attached hydrogen (secondary N) is 1. The van der Waals surface area contributed by atoms with Crippen LogP contribution in [0.4, 0.5) is 10.5 Å². The summed E-state index contributed by atoms with van der Waals surface area (Å²) in [6.45, 7) is 3.28. The SMILES string of the molecule is Cc1nnc(C2CCCN2C(=O)Nc2ccc3ccccc3c2)n1Cc1ccc(Cl)cc1. The van der Waals surface area contributed by atoms with Crippen LogP contribution in [0.3, 0.4) is 0 Å². The minimum absolute atomic E-state index is 0.107. The number of likely N-dealkylation sites (tertiary alicyclic amines) is 1. The minimum Gasteiger partial charge on any atom is -0.314 e. The lowest BCUT2D eigenvalue weighted by Crippen LogP contribution is -2.35. The largest absolute Gasteiger partial charge is 0.322 e. The molecule has 1 fully saturated rings. The van der Waals surface area contributed by atoms with Crippen molar-refractivity contribution in [1.29, 1.82) is 0 Å². The molecule has 1 N–H and O–H groups in total. The maximum absolute atomic E-state index is 13.2. The highest BCUT2D eigenvalue weighted by Crippen LogP contribution is 2.32. The number of aryl methyl sites for hydroxylation is 1. The minimum atomic E-state index is -0.110. The van der Waals surface area contributed by atoms with E-state index in [0.29, 0.717) is 18.1 Å². The van der Waals surface area contributed by atoms with Gasteiger partial charge in [-0.25, -0.2) is 4.79 Å². The van der Waals surface area contributed by atoms with Crippen LogP contribution < -0.4 is 5.32 Å². The van der Waals surface area contributed by atoms with Gasteiger partial charge in [0.05, 0.1) is 12.6 Å². The van der Waals surface area contributed by atoms with Gasteiger partial charge in [-0.05, 0) is 60.4 Å². The van der Waals surface area contributed by atoms with E-state index in [1.54, 1.807) is 0 Å². The molecule has 2 heterocycles. The van der Waals surface area contributed by atoms with Gasteiger partial charge in [0.2, 0.25) is 0 Å². The lowest BCUT2D eigenvalue weighted by Gasteiger charge is -2.25. The number of hydrogen-bond donors (Lipinski definition) is 1. The number of amides is 2. The van der Waals surface area contributed by atoms with Crippen molar-refractivity contribution in [2.75, 3.05) is 11.9 Å². The molecule has 1 aliphatic rings. The molecule has 1 aliphatic heterocycles. The first kappa shape index (κ1) is 20.5. The second kappa shape index (κ2) is 8.63. The van der Waals surface area contributed by atoms with Crippen molar-refractivity contribution < 1.29 is 4.79 Å². The van der Waals surface area contributed by atoms with Crippen LogP contribution in [-0.2, 0) is 6.54 Å². The van der Waals surface area contributed by atoms with Crippen molar-refractivity contribution in [3.05, 3.63) is 89.0 Å². The van der Waals surface area contributed by atoms with Gasteiger partial charge < -0.3 is 14.8 Å². The van der Waals surface area contributed by atoms with Gasteiger partial charge in [0.15, 0.2) is 5.82 Å². The lowest BCUT2D eigenvalue weighted by atomic mass is 10.1. The van der Waals surface area contributed by atoms with Gasteiger partial charge in [-0.3, -0.25) is 0 Å². The first-order valence-electron chi connectivity index (χ1n) is 10.8. The number of hydrogen-bond acceptors (Lipinski definition) is 3. The molecule has 1 atom stereocenters. The van der Waals surface area contributed by atoms with Crippen LogP contribution in [-0.4, -0.2) is 32.2 Å². The van der Waals surface area contributed by atoms with Crippen LogP contribution >= 0.6 is 11.6 Å². The summed E-state index contributed by atoms with van der Waals surface area (Å²) in [6, 6.07) is 21.7. The molecule has 4 aromatic rings. The Morgan fingerprint density at radius 3 is 2.66 bits per heavy atom. The number of fused-ring (bicyclic) bond motifs is 1. The van der Waals surface area contributed by atoms with Crippen LogP contribution in [0.15, 0.2) is 66.7 Å². The van der Waals surface area contributed by atoms with E-state index in [-0.39, 0.29) is 12.1 Å². The smallest absolute Gasteiger partial charge is 0.314 e. The third-order valence-electron chi connectivity index (χ3n) is 6.03. The number of benzene rings is 3. The summed E-state index contributed by atoms with van der Waals surface area (Å²) < 4.78 is 2.09. The molecule has 5 rings (SSSR count). The van der Waals surface area contributed by atoms with Crippen molar-refractivity contribution in [1.82, 2.24) is 19.7 Å². The molecule has 3 aromatic carbocycles. The first-order chi connectivity index (χ1) is 15.6. The van der Waals surface area contributed by atoms with E-state index in [9.17, 15) is 4.79 Å². The molecule has 0 radical (unpaired) electrons. The zero-order valence-corrected chi connectivity index (χ0v) is 18.6. The number of carbonyl (C=O) groups is 1. The van der Waals surface area contributed by atoms with Crippen LogP contribution in [0.5, 0.6) is 0 Å². The fourth-order valence-corrected chi connectivity index (χ4v) is 4.48. The van der Waals surface area contributed by atoms with Crippen LogP contribution in [0.25, 0.3) is 10.8 Å². The zero-order chi connectivity index (χ0) is 22.1. The normalized spacial score (nSPS) is 15.9. The Morgan fingerprint density at radius 1 is 1.06 bits per heavy atom. The number of aromatic nitrogens is 3. The Kier molecular flexibility index (Phi) is 5.53. The molecular formula is C25H24ClN5O. The van der Waals surface area contributed by atoms with Crippen LogP contribution in [0, 0.1) is 6.92 Å². The lowest BCUT2D eigenvalue weighted by molar-refractivity contribution is 0.204. The van der Waals surface area contributed by atoms with E-state index < -0.39 is 0 Å².